The number of fused-ring (bicyclic) bond motifs is 1. The second kappa shape index (κ2) is 8.61. The third kappa shape index (κ3) is 4.12. The lowest BCUT2D eigenvalue weighted by atomic mass is 9.86. The summed E-state index contributed by atoms with van der Waals surface area (Å²) in [6.07, 6.45) is 2.49. The van der Waals surface area contributed by atoms with Crippen LogP contribution in [0, 0.1) is 20.8 Å². The highest BCUT2D eigenvalue weighted by molar-refractivity contribution is 6.00. The van der Waals surface area contributed by atoms with Crippen LogP contribution in [0.1, 0.15) is 54.5 Å². The molecule has 0 amide bonds. The minimum absolute atomic E-state index is 0.0979. The van der Waals surface area contributed by atoms with Gasteiger partial charge in [0.15, 0.2) is 5.78 Å². The van der Waals surface area contributed by atoms with Gasteiger partial charge in [0.2, 0.25) is 0 Å². The first-order chi connectivity index (χ1) is 13.4. The van der Waals surface area contributed by atoms with Crippen molar-refractivity contribution in [2.24, 2.45) is 0 Å². The molecule has 0 saturated heterocycles. The zero-order valence-corrected chi connectivity index (χ0v) is 17.2. The SMILES string of the molecule is CCO.Cc1ccc(C2Nc3cc(C)c(C)cc3NC3=C2C(=O)CCC3)cc1. The van der Waals surface area contributed by atoms with Gasteiger partial charge in [0, 0.05) is 24.3 Å². The highest BCUT2D eigenvalue weighted by Gasteiger charge is 2.32. The summed E-state index contributed by atoms with van der Waals surface area (Å²) < 4.78 is 0. The third-order valence-electron chi connectivity index (χ3n) is 5.37. The van der Waals surface area contributed by atoms with Crippen molar-refractivity contribution in [3.63, 3.8) is 0 Å². The number of aliphatic hydroxyl groups is 1. The monoisotopic (exact) mass is 378 g/mol. The van der Waals surface area contributed by atoms with Crippen LogP contribution in [0.15, 0.2) is 47.7 Å². The fourth-order valence-electron chi connectivity index (χ4n) is 3.77. The van der Waals surface area contributed by atoms with Gasteiger partial charge in [-0.25, -0.2) is 0 Å². The normalized spacial score (nSPS) is 18.0. The molecule has 4 heteroatoms. The van der Waals surface area contributed by atoms with Crippen molar-refractivity contribution < 1.29 is 9.90 Å². The summed E-state index contributed by atoms with van der Waals surface area (Å²) >= 11 is 0. The molecule has 1 aliphatic carbocycles. The molecule has 1 unspecified atom stereocenters. The molecule has 0 bridgehead atoms. The molecule has 0 aromatic heterocycles. The summed E-state index contributed by atoms with van der Waals surface area (Å²) in [5.74, 6) is 0.257. The van der Waals surface area contributed by atoms with E-state index in [1.54, 1.807) is 6.92 Å². The van der Waals surface area contributed by atoms with E-state index >= 15 is 0 Å². The van der Waals surface area contributed by atoms with E-state index in [1.165, 1.54) is 16.7 Å². The van der Waals surface area contributed by atoms with Gasteiger partial charge in [-0.05, 0) is 69.4 Å². The molecule has 1 aliphatic heterocycles. The summed E-state index contributed by atoms with van der Waals surface area (Å²) in [5.41, 5.74) is 8.99. The maximum Gasteiger partial charge on any atom is 0.163 e. The number of aliphatic hydroxyl groups excluding tert-OH is 1. The molecule has 148 valence electrons. The van der Waals surface area contributed by atoms with Crippen molar-refractivity contribution in [2.75, 3.05) is 17.2 Å². The van der Waals surface area contributed by atoms with Crippen LogP contribution in [0.2, 0.25) is 0 Å². The number of hydrogen-bond donors (Lipinski definition) is 3. The van der Waals surface area contributed by atoms with Gasteiger partial charge < -0.3 is 15.7 Å². The average molecular weight is 379 g/mol. The number of anilines is 2. The van der Waals surface area contributed by atoms with E-state index in [0.717, 1.165) is 41.1 Å². The van der Waals surface area contributed by atoms with Crippen molar-refractivity contribution in [3.05, 3.63) is 69.9 Å². The summed E-state index contributed by atoms with van der Waals surface area (Å²) in [7, 11) is 0. The topological polar surface area (TPSA) is 61.4 Å². The van der Waals surface area contributed by atoms with Crippen LogP contribution in [0.5, 0.6) is 0 Å². The Morgan fingerprint density at radius 2 is 1.61 bits per heavy atom. The maximum absolute atomic E-state index is 12.8. The zero-order valence-electron chi connectivity index (χ0n) is 17.2. The number of ketones is 1. The lowest BCUT2D eigenvalue weighted by Crippen LogP contribution is -2.23. The van der Waals surface area contributed by atoms with E-state index in [4.69, 9.17) is 5.11 Å². The number of aryl methyl sites for hydroxylation is 3. The van der Waals surface area contributed by atoms with Crippen molar-refractivity contribution >= 4 is 17.2 Å². The molecule has 2 aromatic rings. The lowest BCUT2D eigenvalue weighted by Gasteiger charge is -2.25. The highest BCUT2D eigenvalue weighted by atomic mass is 16.2. The number of carbonyl (C=O) groups excluding carboxylic acids is 1. The number of hydrogen-bond acceptors (Lipinski definition) is 4. The van der Waals surface area contributed by atoms with Crippen LogP contribution in [0.25, 0.3) is 0 Å². The Balaban J connectivity index is 0.000000706. The van der Waals surface area contributed by atoms with E-state index in [-0.39, 0.29) is 18.4 Å². The third-order valence-corrected chi connectivity index (χ3v) is 5.37. The van der Waals surface area contributed by atoms with E-state index in [1.807, 2.05) is 0 Å². The molecule has 28 heavy (non-hydrogen) atoms. The fourth-order valence-corrected chi connectivity index (χ4v) is 3.77. The Bertz CT molecular complexity index is 898. The van der Waals surface area contributed by atoms with Crippen LogP contribution in [-0.2, 0) is 4.79 Å². The highest BCUT2D eigenvalue weighted by Crippen LogP contribution is 2.41. The van der Waals surface area contributed by atoms with Crippen molar-refractivity contribution in [3.8, 4) is 0 Å². The summed E-state index contributed by atoms with van der Waals surface area (Å²) in [6, 6.07) is 12.8. The van der Waals surface area contributed by atoms with E-state index in [2.05, 4.69) is 67.8 Å². The van der Waals surface area contributed by atoms with Crippen LogP contribution in [-0.4, -0.2) is 17.5 Å². The van der Waals surface area contributed by atoms with Crippen molar-refractivity contribution in [2.45, 2.75) is 53.0 Å². The van der Waals surface area contributed by atoms with Gasteiger partial charge in [0.1, 0.15) is 0 Å². The molecular formula is C24H30N2O2. The standard InChI is InChI=1S/C22H24N2O.C2H6O/c1-13-7-9-16(10-8-13)22-21-17(5-4-6-20(21)25)23-18-11-14(2)15(3)12-19(18)24-22;1-2-3/h7-12,22-24H,4-6H2,1-3H3;3H,2H2,1H3. The van der Waals surface area contributed by atoms with Crippen LogP contribution in [0.3, 0.4) is 0 Å². The van der Waals surface area contributed by atoms with Gasteiger partial charge >= 0.3 is 0 Å². The zero-order chi connectivity index (χ0) is 20.3. The smallest absolute Gasteiger partial charge is 0.163 e. The van der Waals surface area contributed by atoms with Crippen LogP contribution >= 0.6 is 0 Å². The Morgan fingerprint density at radius 3 is 2.25 bits per heavy atom. The van der Waals surface area contributed by atoms with Crippen LogP contribution < -0.4 is 10.6 Å². The quantitative estimate of drug-likeness (QED) is 0.638. The molecule has 1 heterocycles. The minimum Gasteiger partial charge on any atom is -0.397 e. The molecule has 4 nitrogen and oxygen atoms in total. The predicted octanol–water partition coefficient (Wildman–Crippen LogP) is 5.20. The Hall–Kier alpha value is -2.59. The van der Waals surface area contributed by atoms with Gasteiger partial charge in [-0.15, -0.1) is 0 Å². The van der Waals surface area contributed by atoms with Gasteiger partial charge in [-0.1, -0.05) is 29.8 Å². The largest absolute Gasteiger partial charge is 0.397 e. The number of rotatable bonds is 1. The molecule has 2 aliphatic rings. The molecule has 0 radical (unpaired) electrons. The molecule has 4 rings (SSSR count). The first kappa shape index (κ1) is 20.2. The van der Waals surface area contributed by atoms with Gasteiger partial charge in [-0.3, -0.25) is 4.79 Å². The summed E-state index contributed by atoms with van der Waals surface area (Å²) in [4.78, 5) is 12.8. The maximum atomic E-state index is 12.8. The van der Waals surface area contributed by atoms with Crippen molar-refractivity contribution in [1.82, 2.24) is 0 Å². The Morgan fingerprint density at radius 1 is 1.00 bits per heavy atom. The molecule has 1 atom stereocenters. The average Bonchev–Trinajstić information content (AvgIpc) is 2.81. The van der Waals surface area contributed by atoms with Crippen molar-refractivity contribution in [1.29, 1.82) is 0 Å². The van der Waals surface area contributed by atoms with E-state index in [0.29, 0.717) is 6.42 Å². The Labute approximate surface area is 167 Å². The van der Waals surface area contributed by atoms with E-state index in [9.17, 15) is 4.79 Å². The van der Waals surface area contributed by atoms with Crippen LogP contribution in [0.4, 0.5) is 11.4 Å². The lowest BCUT2D eigenvalue weighted by molar-refractivity contribution is -0.116. The molecule has 0 saturated carbocycles. The number of Topliss-reactive ketones (excluding diaryl/α,β-unsaturated/α-hetero) is 1. The number of allylic oxidation sites excluding steroid dienone is 1. The molecule has 2 aromatic carbocycles. The first-order valence-corrected chi connectivity index (χ1v) is 10.0. The molecule has 0 spiro atoms. The van der Waals surface area contributed by atoms with Gasteiger partial charge in [0.05, 0.1) is 17.4 Å². The second-order valence-corrected chi connectivity index (χ2v) is 7.58. The fraction of sp³-hybridized carbons (Fsp3) is 0.375. The molecule has 3 N–H and O–H groups in total. The minimum atomic E-state index is -0.0979. The second-order valence-electron chi connectivity index (χ2n) is 7.58. The first-order valence-electron chi connectivity index (χ1n) is 10.0. The molecular weight excluding hydrogens is 348 g/mol. The molecule has 0 fully saturated rings. The van der Waals surface area contributed by atoms with Gasteiger partial charge in [0.25, 0.3) is 0 Å². The van der Waals surface area contributed by atoms with Gasteiger partial charge in [-0.2, -0.15) is 0 Å². The number of carbonyl (C=O) groups is 1. The number of benzene rings is 2. The summed E-state index contributed by atoms with van der Waals surface area (Å²) in [5, 5.41) is 14.8. The van der Waals surface area contributed by atoms with E-state index < -0.39 is 0 Å². The predicted molar refractivity (Wildman–Crippen MR) is 116 cm³/mol. The number of nitrogens with one attached hydrogen (secondary N) is 2. The Kier molecular flexibility index (Phi) is 6.20. The summed E-state index contributed by atoms with van der Waals surface area (Å²) in [6.45, 7) is 8.27.